The van der Waals surface area contributed by atoms with Gasteiger partial charge >= 0.3 is 0 Å². The topological polar surface area (TPSA) is 66.9 Å². The van der Waals surface area contributed by atoms with Crippen molar-refractivity contribution in [1.29, 1.82) is 0 Å². The van der Waals surface area contributed by atoms with E-state index in [9.17, 15) is 9.18 Å². The Morgan fingerprint density at radius 1 is 1.04 bits per heavy atom. The molecule has 0 radical (unpaired) electrons. The van der Waals surface area contributed by atoms with E-state index in [1.165, 1.54) is 12.1 Å². The van der Waals surface area contributed by atoms with E-state index in [0.29, 0.717) is 29.5 Å². The van der Waals surface area contributed by atoms with Crippen molar-refractivity contribution in [3.8, 4) is 0 Å². The largest absolute Gasteiger partial charge is 0.350 e. The van der Waals surface area contributed by atoms with E-state index in [-0.39, 0.29) is 17.4 Å². The first-order valence-electron chi connectivity index (χ1n) is 7.99. The molecule has 5 nitrogen and oxygen atoms in total. The van der Waals surface area contributed by atoms with Crippen LogP contribution < -0.4 is 10.6 Å². The van der Waals surface area contributed by atoms with Gasteiger partial charge in [-0.05, 0) is 54.4 Å². The predicted molar refractivity (Wildman–Crippen MR) is 99.2 cm³/mol. The number of nitrogens with zero attached hydrogens (tertiary/aromatic N) is 2. The first-order chi connectivity index (χ1) is 12.6. The number of halogens is 2. The van der Waals surface area contributed by atoms with Crippen molar-refractivity contribution >= 4 is 29.0 Å². The molecule has 1 heterocycles. The van der Waals surface area contributed by atoms with Gasteiger partial charge in [0.2, 0.25) is 0 Å². The number of carbonyl (C=O) groups excluding carboxylic acids is 1. The molecule has 0 fully saturated rings. The van der Waals surface area contributed by atoms with Gasteiger partial charge in [0.1, 0.15) is 5.82 Å². The molecule has 0 aliphatic rings. The lowest BCUT2D eigenvalue weighted by molar-refractivity contribution is 0.0948. The molecule has 0 spiro atoms. The van der Waals surface area contributed by atoms with Gasteiger partial charge in [0.25, 0.3) is 5.91 Å². The zero-order valence-electron chi connectivity index (χ0n) is 13.7. The molecule has 0 saturated heterocycles. The molecule has 0 aliphatic heterocycles. The molecule has 2 aromatic carbocycles. The zero-order chi connectivity index (χ0) is 18.4. The van der Waals surface area contributed by atoms with Crippen molar-refractivity contribution in [2.75, 3.05) is 11.9 Å². The number of rotatable bonds is 6. The van der Waals surface area contributed by atoms with Crippen molar-refractivity contribution in [1.82, 2.24) is 15.5 Å². The maximum atomic E-state index is 13.2. The highest BCUT2D eigenvalue weighted by Gasteiger charge is 2.08. The second-order valence-electron chi connectivity index (χ2n) is 5.57. The number of nitrogens with one attached hydrogen (secondary N) is 2. The lowest BCUT2D eigenvalue weighted by atomic mass is 10.1. The summed E-state index contributed by atoms with van der Waals surface area (Å²) < 4.78 is 13.2. The molecule has 0 bridgehead atoms. The Hall–Kier alpha value is -2.99. The summed E-state index contributed by atoms with van der Waals surface area (Å²) in [5.41, 5.74) is 1.80. The molecule has 3 rings (SSSR count). The van der Waals surface area contributed by atoms with Crippen molar-refractivity contribution in [3.63, 3.8) is 0 Å². The number of hydrogen-bond acceptors (Lipinski definition) is 4. The average molecular weight is 371 g/mol. The fraction of sp³-hybridized carbons (Fsp3) is 0.105. The smallest absolute Gasteiger partial charge is 0.271 e. The van der Waals surface area contributed by atoms with Gasteiger partial charge < -0.3 is 10.6 Å². The zero-order valence-corrected chi connectivity index (χ0v) is 14.5. The molecule has 2 N–H and O–H groups in total. The van der Waals surface area contributed by atoms with Crippen LogP contribution in [0.4, 0.5) is 15.9 Å². The predicted octanol–water partition coefficient (Wildman–Crippen LogP) is 3.99. The van der Waals surface area contributed by atoms with Crippen molar-refractivity contribution in [3.05, 3.63) is 82.8 Å². The van der Waals surface area contributed by atoms with Gasteiger partial charge in [0.05, 0.1) is 0 Å². The molecule has 7 heteroatoms. The summed E-state index contributed by atoms with van der Waals surface area (Å²) in [6, 6.07) is 16.7. The van der Waals surface area contributed by atoms with Gasteiger partial charge in [-0.1, -0.05) is 29.8 Å². The van der Waals surface area contributed by atoms with E-state index in [2.05, 4.69) is 20.8 Å². The number of aromatic nitrogens is 2. The maximum absolute atomic E-state index is 13.2. The third-order valence-corrected chi connectivity index (χ3v) is 3.82. The Bertz CT molecular complexity index is 902. The van der Waals surface area contributed by atoms with Crippen LogP contribution in [0.2, 0.25) is 5.02 Å². The Morgan fingerprint density at radius 3 is 2.62 bits per heavy atom. The van der Waals surface area contributed by atoms with E-state index in [1.54, 1.807) is 30.3 Å². The fourth-order valence-corrected chi connectivity index (χ4v) is 2.55. The minimum absolute atomic E-state index is 0.209. The molecule has 0 unspecified atom stereocenters. The first-order valence-corrected chi connectivity index (χ1v) is 8.37. The third kappa shape index (κ3) is 5.00. The quantitative estimate of drug-likeness (QED) is 0.688. The summed E-state index contributed by atoms with van der Waals surface area (Å²) in [5, 5.41) is 14.2. The fourth-order valence-electron chi connectivity index (χ4n) is 2.34. The van der Waals surface area contributed by atoms with Crippen LogP contribution in [0.25, 0.3) is 0 Å². The van der Waals surface area contributed by atoms with Gasteiger partial charge in [-0.15, -0.1) is 10.2 Å². The number of carbonyl (C=O) groups is 1. The van der Waals surface area contributed by atoms with Gasteiger partial charge in [0, 0.05) is 17.3 Å². The highest BCUT2D eigenvalue weighted by molar-refractivity contribution is 6.30. The van der Waals surface area contributed by atoms with E-state index >= 15 is 0 Å². The number of benzene rings is 2. The van der Waals surface area contributed by atoms with Crippen LogP contribution in [-0.4, -0.2) is 22.6 Å². The molecule has 1 aromatic heterocycles. The number of anilines is 2. The summed E-state index contributed by atoms with van der Waals surface area (Å²) in [4.78, 5) is 12.1. The van der Waals surface area contributed by atoms with Gasteiger partial charge in [-0.25, -0.2) is 4.39 Å². The summed E-state index contributed by atoms with van der Waals surface area (Å²) in [6.07, 6.45) is 0.666. The van der Waals surface area contributed by atoms with Crippen molar-refractivity contribution in [2.45, 2.75) is 6.42 Å². The van der Waals surface area contributed by atoms with E-state index in [1.807, 2.05) is 18.2 Å². The lowest BCUT2D eigenvalue weighted by Gasteiger charge is -2.07. The Balaban J connectivity index is 1.53. The molecule has 1 amide bonds. The van der Waals surface area contributed by atoms with Crippen molar-refractivity contribution < 1.29 is 9.18 Å². The second kappa shape index (κ2) is 8.40. The first kappa shape index (κ1) is 17.8. The summed E-state index contributed by atoms with van der Waals surface area (Å²) in [6.45, 7) is 0.462. The molecule has 0 saturated carbocycles. The molecule has 3 aromatic rings. The van der Waals surface area contributed by atoms with Crippen LogP contribution in [0, 0.1) is 5.82 Å². The van der Waals surface area contributed by atoms with Crippen LogP contribution in [-0.2, 0) is 6.42 Å². The standard InChI is InChI=1S/C19H16ClFN4O/c20-14-4-1-3-13(11-14)9-10-22-19(26)17-7-8-18(25-24-17)23-16-6-2-5-15(21)12-16/h1-8,11-12H,9-10H2,(H,22,26)(H,23,25). The van der Waals surface area contributed by atoms with Crippen LogP contribution >= 0.6 is 11.6 Å². The van der Waals surface area contributed by atoms with Crippen LogP contribution in [0.1, 0.15) is 16.1 Å². The maximum Gasteiger partial charge on any atom is 0.271 e. The lowest BCUT2D eigenvalue weighted by Crippen LogP contribution is -2.26. The average Bonchev–Trinajstić information content (AvgIpc) is 2.62. The van der Waals surface area contributed by atoms with Crippen LogP contribution in [0.15, 0.2) is 60.7 Å². The summed E-state index contributed by atoms with van der Waals surface area (Å²) in [5.74, 6) is -0.235. The third-order valence-electron chi connectivity index (χ3n) is 3.58. The summed E-state index contributed by atoms with van der Waals surface area (Å²) in [7, 11) is 0. The van der Waals surface area contributed by atoms with E-state index < -0.39 is 0 Å². The molecular formula is C19H16ClFN4O. The second-order valence-corrected chi connectivity index (χ2v) is 6.01. The number of amides is 1. The summed E-state index contributed by atoms with van der Waals surface area (Å²) >= 11 is 5.93. The Kier molecular flexibility index (Phi) is 5.76. The monoisotopic (exact) mass is 370 g/mol. The Labute approximate surface area is 155 Å². The molecule has 0 aliphatic carbocycles. The van der Waals surface area contributed by atoms with Crippen LogP contribution in [0.5, 0.6) is 0 Å². The van der Waals surface area contributed by atoms with E-state index in [4.69, 9.17) is 11.6 Å². The van der Waals surface area contributed by atoms with Gasteiger partial charge in [-0.2, -0.15) is 0 Å². The Morgan fingerprint density at radius 2 is 1.88 bits per heavy atom. The van der Waals surface area contributed by atoms with Crippen molar-refractivity contribution in [2.24, 2.45) is 0 Å². The molecule has 26 heavy (non-hydrogen) atoms. The SMILES string of the molecule is O=C(NCCc1cccc(Cl)c1)c1ccc(Nc2cccc(F)c2)nn1. The molecule has 132 valence electrons. The van der Waals surface area contributed by atoms with Gasteiger partial charge in [0.15, 0.2) is 11.5 Å². The van der Waals surface area contributed by atoms with E-state index in [0.717, 1.165) is 5.56 Å². The highest BCUT2D eigenvalue weighted by Crippen LogP contribution is 2.15. The minimum Gasteiger partial charge on any atom is -0.350 e. The van der Waals surface area contributed by atoms with Crippen LogP contribution in [0.3, 0.4) is 0 Å². The highest BCUT2D eigenvalue weighted by atomic mass is 35.5. The van der Waals surface area contributed by atoms with Gasteiger partial charge in [-0.3, -0.25) is 4.79 Å². The number of hydrogen-bond donors (Lipinski definition) is 2. The normalized spacial score (nSPS) is 10.4. The molecule has 0 atom stereocenters. The molecular weight excluding hydrogens is 355 g/mol. The minimum atomic E-state index is -0.348.